The number of nitriles is 1. The predicted octanol–water partition coefficient (Wildman–Crippen LogP) is 2.51. The molecule has 0 aliphatic carbocycles. The first-order chi connectivity index (χ1) is 9.35. The minimum atomic E-state index is -0.954. The van der Waals surface area contributed by atoms with Crippen LogP contribution < -0.4 is 5.32 Å². The van der Waals surface area contributed by atoms with E-state index < -0.39 is 17.9 Å². The van der Waals surface area contributed by atoms with Crippen molar-refractivity contribution < 1.29 is 14.7 Å². The molecule has 6 nitrogen and oxygen atoms in total. The van der Waals surface area contributed by atoms with Crippen molar-refractivity contribution in [3.8, 4) is 6.07 Å². The minimum absolute atomic E-state index is 0.106. The average molecular weight is 340 g/mol. The van der Waals surface area contributed by atoms with Gasteiger partial charge in [-0.1, -0.05) is 6.92 Å². The van der Waals surface area contributed by atoms with E-state index in [0.29, 0.717) is 15.7 Å². The summed E-state index contributed by atoms with van der Waals surface area (Å²) in [6.07, 6.45) is 0. The molecule has 1 aromatic rings. The molecule has 1 aromatic carbocycles. The van der Waals surface area contributed by atoms with E-state index in [9.17, 15) is 9.59 Å². The number of benzene rings is 1. The van der Waals surface area contributed by atoms with E-state index in [-0.39, 0.29) is 6.54 Å². The Balaban J connectivity index is 2.71. The van der Waals surface area contributed by atoms with Crippen molar-refractivity contribution in [1.82, 2.24) is 4.90 Å². The van der Waals surface area contributed by atoms with E-state index in [1.54, 1.807) is 18.2 Å². The first-order valence-electron chi connectivity index (χ1n) is 5.79. The van der Waals surface area contributed by atoms with Gasteiger partial charge in [0.2, 0.25) is 0 Å². The maximum Gasteiger partial charge on any atom is 0.321 e. The average Bonchev–Trinajstić information content (AvgIpc) is 2.40. The van der Waals surface area contributed by atoms with Crippen molar-refractivity contribution in [3.63, 3.8) is 0 Å². The number of carboxylic acids is 1. The van der Waals surface area contributed by atoms with Gasteiger partial charge in [-0.05, 0) is 34.1 Å². The van der Waals surface area contributed by atoms with Crippen molar-refractivity contribution in [1.29, 1.82) is 5.26 Å². The topological polar surface area (TPSA) is 93.4 Å². The van der Waals surface area contributed by atoms with Crippen LogP contribution in [0.25, 0.3) is 0 Å². The standard InChI is InChI=1S/C13H14BrN3O3/c1-8(12(18)19)7-17(2)13(20)16-11-4-3-9(6-15)5-10(11)14/h3-5,8H,7H2,1-2H3,(H,16,20)(H,18,19). The fourth-order valence-corrected chi connectivity index (χ4v) is 1.95. The molecule has 2 amide bonds. The first kappa shape index (κ1) is 16.0. The molecule has 0 bridgehead atoms. The van der Waals surface area contributed by atoms with Crippen LogP contribution in [0.3, 0.4) is 0 Å². The molecule has 20 heavy (non-hydrogen) atoms. The van der Waals surface area contributed by atoms with Gasteiger partial charge in [-0.3, -0.25) is 4.79 Å². The third kappa shape index (κ3) is 4.24. The molecule has 0 radical (unpaired) electrons. The van der Waals surface area contributed by atoms with Crippen LogP contribution in [0.4, 0.5) is 10.5 Å². The summed E-state index contributed by atoms with van der Waals surface area (Å²) >= 11 is 3.26. The summed E-state index contributed by atoms with van der Waals surface area (Å²) in [6.45, 7) is 1.64. The number of carbonyl (C=O) groups excluding carboxylic acids is 1. The molecule has 1 rings (SSSR count). The number of hydrogen-bond donors (Lipinski definition) is 2. The van der Waals surface area contributed by atoms with Gasteiger partial charge < -0.3 is 15.3 Å². The number of halogens is 1. The van der Waals surface area contributed by atoms with Crippen LogP contribution in [0.15, 0.2) is 22.7 Å². The van der Waals surface area contributed by atoms with Gasteiger partial charge in [-0.25, -0.2) is 4.79 Å². The number of amides is 2. The van der Waals surface area contributed by atoms with Gasteiger partial charge in [0.05, 0.1) is 23.2 Å². The second-order valence-electron chi connectivity index (χ2n) is 4.36. The van der Waals surface area contributed by atoms with Gasteiger partial charge in [0, 0.05) is 18.1 Å². The van der Waals surface area contributed by atoms with E-state index in [1.165, 1.54) is 18.9 Å². The van der Waals surface area contributed by atoms with Crippen molar-refractivity contribution >= 4 is 33.6 Å². The molecule has 106 valence electrons. The maximum atomic E-state index is 11.9. The van der Waals surface area contributed by atoms with Gasteiger partial charge in [-0.2, -0.15) is 5.26 Å². The van der Waals surface area contributed by atoms with E-state index in [2.05, 4.69) is 21.2 Å². The molecule has 2 N–H and O–H groups in total. The molecule has 0 fully saturated rings. The zero-order valence-electron chi connectivity index (χ0n) is 11.1. The van der Waals surface area contributed by atoms with Crippen LogP contribution >= 0.6 is 15.9 Å². The molecule has 0 aromatic heterocycles. The number of nitrogens with one attached hydrogen (secondary N) is 1. The van der Waals surface area contributed by atoms with Gasteiger partial charge in [0.15, 0.2) is 0 Å². The Kier molecular flexibility index (Phi) is 5.53. The van der Waals surface area contributed by atoms with Crippen LogP contribution in [0.1, 0.15) is 12.5 Å². The van der Waals surface area contributed by atoms with Gasteiger partial charge in [-0.15, -0.1) is 0 Å². The fraction of sp³-hybridized carbons (Fsp3) is 0.308. The van der Waals surface area contributed by atoms with E-state index >= 15 is 0 Å². The number of aliphatic carboxylic acids is 1. The molecule has 0 saturated heterocycles. The highest BCUT2D eigenvalue weighted by Crippen LogP contribution is 2.23. The maximum absolute atomic E-state index is 11.9. The predicted molar refractivity (Wildman–Crippen MR) is 77.3 cm³/mol. The highest BCUT2D eigenvalue weighted by Gasteiger charge is 2.17. The van der Waals surface area contributed by atoms with Crippen molar-refractivity contribution in [2.75, 3.05) is 18.9 Å². The summed E-state index contributed by atoms with van der Waals surface area (Å²) in [6, 6.07) is 6.36. The highest BCUT2D eigenvalue weighted by atomic mass is 79.9. The summed E-state index contributed by atoms with van der Waals surface area (Å²) < 4.78 is 0.588. The Bertz CT molecular complexity index is 568. The number of rotatable bonds is 4. The van der Waals surface area contributed by atoms with E-state index in [0.717, 1.165) is 0 Å². The van der Waals surface area contributed by atoms with Crippen LogP contribution in [0.5, 0.6) is 0 Å². The van der Waals surface area contributed by atoms with E-state index in [1.807, 2.05) is 6.07 Å². The lowest BCUT2D eigenvalue weighted by molar-refractivity contribution is -0.141. The number of hydrogen-bond acceptors (Lipinski definition) is 3. The quantitative estimate of drug-likeness (QED) is 0.881. The zero-order chi connectivity index (χ0) is 15.3. The largest absolute Gasteiger partial charge is 0.481 e. The number of urea groups is 1. The Morgan fingerprint density at radius 1 is 1.55 bits per heavy atom. The highest BCUT2D eigenvalue weighted by molar-refractivity contribution is 9.10. The number of anilines is 1. The Labute approximate surface area is 125 Å². The third-order valence-electron chi connectivity index (χ3n) is 2.66. The first-order valence-corrected chi connectivity index (χ1v) is 6.59. The van der Waals surface area contributed by atoms with E-state index in [4.69, 9.17) is 10.4 Å². The summed E-state index contributed by atoms with van der Waals surface area (Å²) in [5.74, 6) is -1.60. The Morgan fingerprint density at radius 2 is 2.20 bits per heavy atom. The summed E-state index contributed by atoms with van der Waals surface area (Å²) in [5.41, 5.74) is 0.992. The molecule has 7 heteroatoms. The molecule has 0 aliphatic heterocycles. The number of carboxylic acid groups (broad SMARTS) is 1. The molecule has 0 spiro atoms. The van der Waals surface area contributed by atoms with Crippen molar-refractivity contribution in [3.05, 3.63) is 28.2 Å². The smallest absolute Gasteiger partial charge is 0.321 e. The summed E-state index contributed by atoms with van der Waals surface area (Å²) in [5, 5.41) is 20.2. The molecular formula is C13H14BrN3O3. The van der Waals surface area contributed by atoms with Crippen LogP contribution in [0, 0.1) is 17.2 Å². The van der Waals surface area contributed by atoms with Gasteiger partial charge in [0.25, 0.3) is 0 Å². The molecule has 0 aliphatic rings. The Hall–Kier alpha value is -2.07. The summed E-state index contributed by atoms with van der Waals surface area (Å²) in [4.78, 5) is 24.0. The molecular weight excluding hydrogens is 326 g/mol. The van der Waals surface area contributed by atoms with Crippen molar-refractivity contribution in [2.45, 2.75) is 6.92 Å². The van der Waals surface area contributed by atoms with Gasteiger partial charge in [0.1, 0.15) is 0 Å². The summed E-state index contributed by atoms with van der Waals surface area (Å²) in [7, 11) is 1.52. The number of nitrogens with zero attached hydrogens (tertiary/aromatic N) is 2. The monoisotopic (exact) mass is 339 g/mol. The molecule has 1 atom stereocenters. The Morgan fingerprint density at radius 3 is 2.70 bits per heavy atom. The minimum Gasteiger partial charge on any atom is -0.481 e. The zero-order valence-corrected chi connectivity index (χ0v) is 12.6. The van der Waals surface area contributed by atoms with Gasteiger partial charge >= 0.3 is 12.0 Å². The van der Waals surface area contributed by atoms with Crippen molar-refractivity contribution in [2.24, 2.45) is 5.92 Å². The lowest BCUT2D eigenvalue weighted by Crippen LogP contribution is -2.36. The lowest BCUT2D eigenvalue weighted by atomic mass is 10.2. The second kappa shape index (κ2) is 6.91. The van der Waals surface area contributed by atoms with Crippen LogP contribution in [-0.2, 0) is 4.79 Å². The lowest BCUT2D eigenvalue weighted by Gasteiger charge is -2.20. The van der Waals surface area contributed by atoms with Crippen LogP contribution in [-0.4, -0.2) is 35.6 Å². The molecule has 0 saturated carbocycles. The normalized spacial score (nSPS) is 11.3. The number of carbonyl (C=O) groups is 2. The molecule has 1 unspecified atom stereocenters. The van der Waals surface area contributed by atoms with Crippen LogP contribution in [0.2, 0.25) is 0 Å². The second-order valence-corrected chi connectivity index (χ2v) is 5.21. The SMILES string of the molecule is CC(CN(C)C(=O)Nc1ccc(C#N)cc1Br)C(=O)O. The fourth-order valence-electron chi connectivity index (χ4n) is 1.47. The third-order valence-corrected chi connectivity index (χ3v) is 3.31. The molecule has 0 heterocycles.